The minimum absolute atomic E-state index is 0.0444. The number of nitrogens with two attached hydrogens (primary N) is 1. The fourth-order valence-electron chi connectivity index (χ4n) is 4.68. The molecule has 1 amide bonds. The van der Waals surface area contributed by atoms with Crippen LogP contribution in [0.15, 0.2) is 84.9 Å². The third kappa shape index (κ3) is 4.66. The van der Waals surface area contributed by atoms with E-state index in [1.54, 1.807) is 34.9 Å². The molecule has 192 valence electrons. The Morgan fingerprint density at radius 1 is 0.842 bits per heavy atom. The number of carboxylic acids is 1. The van der Waals surface area contributed by atoms with Gasteiger partial charge >= 0.3 is 12.1 Å². The largest absolute Gasteiger partial charge is 0.481 e. The predicted molar refractivity (Wildman–Crippen MR) is 137 cm³/mol. The van der Waals surface area contributed by atoms with E-state index in [1.807, 2.05) is 36.4 Å². The summed E-state index contributed by atoms with van der Waals surface area (Å²) in [4.78, 5) is 23.8. The summed E-state index contributed by atoms with van der Waals surface area (Å²) in [6.07, 6.45) is -4.51. The number of alkyl halides is 3. The van der Waals surface area contributed by atoms with Crippen LogP contribution >= 0.6 is 0 Å². The summed E-state index contributed by atoms with van der Waals surface area (Å²) in [6, 6.07) is 22.8. The van der Waals surface area contributed by atoms with Crippen LogP contribution in [0.2, 0.25) is 0 Å². The number of benzene rings is 4. The highest BCUT2D eigenvalue weighted by Gasteiger charge is 2.30. The van der Waals surface area contributed by atoms with E-state index in [-0.39, 0.29) is 17.9 Å². The number of carbonyl (C=O) groups excluding carboxylic acids is 1. The number of aromatic nitrogens is 1. The van der Waals surface area contributed by atoms with Gasteiger partial charge in [0.15, 0.2) is 6.61 Å². The summed E-state index contributed by atoms with van der Waals surface area (Å²) in [7, 11) is 0. The first-order valence-electron chi connectivity index (χ1n) is 11.6. The van der Waals surface area contributed by atoms with E-state index in [0.29, 0.717) is 32.9 Å². The van der Waals surface area contributed by atoms with Crippen LogP contribution in [0, 0.1) is 0 Å². The molecule has 0 radical (unpaired) electrons. The van der Waals surface area contributed by atoms with Crippen LogP contribution in [0.3, 0.4) is 0 Å². The lowest BCUT2D eigenvalue weighted by Gasteiger charge is -2.13. The third-order valence-electron chi connectivity index (χ3n) is 6.27. The molecule has 0 saturated heterocycles. The van der Waals surface area contributed by atoms with Gasteiger partial charge in [-0.15, -0.1) is 0 Å². The number of amides is 1. The first kappa shape index (κ1) is 24.9. The van der Waals surface area contributed by atoms with Crippen molar-refractivity contribution in [1.29, 1.82) is 0 Å². The first-order chi connectivity index (χ1) is 18.1. The highest BCUT2D eigenvalue weighted by atomic mass is 19.4. The molecule has 0 fully saturated rings. The molecule has 0 saturated carbocycles. The van der Waals surface area contributed by atoms with E-state index >= 15 is 0 Å². The van der Waals surface area contributed by atoms with Crippen LogP contribution in [0.25, 0.3) is 32.9 Å². The molecule has 0 aliphatic carbocycles. The van der Waals surface area contributed by atoms with Gasteiger partial charge in [0, 0.05) is 17.5 Å². The Bertz CT molecular complexity index is 1690. The summed E-state index contributed by atoms with van der Waals surface area (Å²) in [5.41, 5.74) is 8.10. The molecule has 0 aliphatic heterocycles. The van der Waals surface area contributed by atoms with Crippen LogP contribution in [0.4, 0.5) is 13.2 Å². The number of aliphatic carboxylic acids is 1. The molecule has 5 rings (SSSR count). The molecule has 6 nitrogen and oxygen atoms in total. The van der Waals surface area contributed by atoms with Crippen LogP contribution in [-0.2, 0) is 17.5 Å². The zero-order valence-electron chi connectivity index (χ0n) is 19.8. The van der Waals surface area contributed by atoms with Crippen LogP contribution in [0.5, 0.6) is 5.75 Å². The van der Waals surface area contributed by atoms with Gasteiger partial charge in [-0.2, -0.15) is 13.2 Å². The standard InChI is InChI=1S/C29H21F3N2O4/c30-29(31,32)20-9-4-6-17(12-20)15-34-22-11-5-10-21(28(33)37)26(22)27-23(34)13-19(18-7-2-1-3-8-18)14-24(27)38-16-25(35)36/h1-14H,15-16H2,(H2,33,37)(H,35,36). The molecule has 9 heteroatoms. The molecule has 0 unspecified atom stereocenters. The minimum atomic E-state index is -4.51. The minimum Gasteiger partial charge on any atom is -0.481 e. The van der Waals surface area contributed by atoms with E-state index < -0.39 is 30.2 Å². The number of fused-ring (bicyclic) bond motifs is 3. The van der Waals surface area contributed by atoms with Gasteiger partial charge in [-0.1, -0.05) is 48.5 Å². The number of hydrogen-bond acceptors (Lipinski definition) is 3. The van der Waals surface area contributed by atoms with E-state index in [0.717, 1.165) is 17.7 Å². The highest BCUT2D eigenvalue weighted by molar-refractivity contribution is 6.20. The van der Waals surface area contributed by atoms with Crippen molar-refractivity contribution in [2.45, 2.75) is 12.7 Å². The van der Waals surface area contributed by atoms with Crippen molar-refractivity contribution in [3.05, 3.63) is 102 Å². The fraction of sp³-hybridized carbons (Fsp3) is 0.103. The van der Waals surface area contributed by atoms with Crippen LogP contribution in [-0.4, -0.2) is 28.2 Å². The summed E-state index contributed by atoms with van der Waals surface area (Å²) in [6.45, 7) is -0.588. The second-order valence-corrected chi connectivity index (χ2v) is 8.77. The lowest BCUT2D eigenvalue weighted by molar-refractivity contribution is -0.139. The number of nitrogens with zero attached hydrogens (tertiary/aromatic N) is 1. The van der Waals surface area contributed by atoms with E-state index in [9.17, 15) is 27.9 Å². The maximum atomic E-state index is 13.4. The summed E-state index contributed by atoms with van der Waals surface area (Å²) in [5.74, 6) is -1.68. The molecule has 5 aromatic rings. The summed E-state index contributed by atoms with van der Waals surface area (Å²) >= 11 is 0. The van der Waals surface area contributed by atoms with Crippen molar-refractivity contribution >= 4 is 33.7 Å². The fourth-order valence-corrected chi connectivity index (χ4v) is 4.68. The number of ether oxygens (including phenoxy) is 1. The Labute approximate surface area is 214 Å². The number of primary amides is 1. The molecule has 38 heavy (non-hydrogen) atoms. The zero-order valence-corrected chi connectivity index (χ0v) is 19.8. The van der Waals surface area contributed by atoms with Crippen molar-refractivity contribution in [1.82, 2.24) is 4.57 Å². The lowest BCUT2D eigenvalue weighted by Crippen LogP contribution is -2.11. The lowest BCUT2D eigenvalue weighted by atomic mass is 10.0. The Morgan fingerprint density at radius 3 is 2.26 bits per heavy atom. The maximum Gasteiger partial charge on any atom is 0.416 e. The number of hydrogen-bond donors (Lipinski definition) is 2. The molecular formula is C29H21F3N2O4. The van der Waals surface area contributed by atoms with Crippen molar-refractivity contribution in [3.63, 3.8) is 0 Å². The molecule has 1 aromatic heterocycles. The number of carboxylic acid groups (broad SMARTS) is 1. The molecule has 0 aliphatic rings. The molecule has 0 bridgehead atoms. The van der Waals surface area contributed by atoms with Gasteiger partial charge in [0.2, 0.25) is 5.91 Å². The summed E-state index contributed by atoms with van der Waals surface area (Å²) in [5, 5.41) is 10.2. The Morgan fingerprint density at radius 2 is 1.58 bits per heavy atom. The summed E-state index contributed by atoms with van der Waals surface area (Å²) < 4.78 is 47.7. The highest BCUT2D eigenvalue weighted by Crippen LogP contribution is 2.41. The quantitative estimate of drug-likeness (QED) is 0.273. The van der Waals surface area contributed by atoms with Gasteiger partial charge in [-0.25, -0.2) is 4.79 Å². The van der Waals surface area contributed by atoms with Crippen molar-refractivity contribution < 1.29 is 32.6 Å². The normalized spacial score (nSPS) is 11.7. The van der Waals surface area contributed by atoms with Crippen molar-refractivity contribution in [2.75, 3.05) is 6.61 Å². The average molecular weight is 518 g/mol. The third-order valence-corrected chi connectivity index (χ3v) is 6.27. The first-order valence-corrected chi connectivity index (χ1v) is 11.6. The topological polar surface area (TPSA) is 94.6 Å². The van der Waals surface area contributed by atoms with Gasteiger partial charge in [-0.3, -0.25) is 4.79 Å². The Balaban J connectivity index is 1.84. The molecule has 0 atom stereocenters. The molecule has 0 spiro atoms. The van der Waals surface area contributed by atoms with E-state index in [4.69, 9.17) is 10.5 Å². The molecule has 4 aromatic carbocycles. The van der Waals surface area contributed by atoms with Crippen LogP contribution in [0.1, 0.15) is 21.5 Å². The zero-order chi connectivity index (χ0) is 27.0. The SMILES string of the molecule is NC(=O)c1cccc2c1c1c(OCC(=O)O)cc(-c3ccccc3)cc1n2Cc1cccc(C(F)(F)F)c1. The second-order valence-electron chi connectivity index (χ2n) is 8.77. The molecule has 3 N–H and O–H groups in total. The monoisotopic (exact) mass is 518 g/mol. The number of carbonyl (C=O) groups is 2. The molecular weight excluding hydrogens is 497 g/mol. The average Bonchev–Trinajstić information content (AvgIpc) is 3.21. The Hall–Kier alpha value is -4.79. The van der Waals surface area contributed by atoms with Gasteiger partial charge in [0.05, 0.1) is 22.0 Å². The van der Waals surface area contributed by atoms with Gasteiger partial charge in [0.1, 0.15) is 5.75 Å². The van der Waals surface area contributed by atoms with Gasteiger partial charge in [-0.05, 0) is 53.1 Å². The van der Waals surface area contributed by atoms with E-state index in [1.165, 1.54) is 6.07 Å². The number of halogens is 3. The van der Waals surface area contributed by atoms with Gasteiger partial charge < -0.3 is 20.1 Å². The molecule has 1 heterocycles. The Kier molecular flexibility index (Phi) is 6.28. The predicted octanol–water partition coefficient (Wildman–Crippen LogP) is 6.09. The van der Waals surface area contributed by atoms with Crippen molar-refractivity contribution in [2.24, 2.45) is 5.73 Å². The van der Waals surface area contributed by atoms with Gasteiger partial charge in [0.25, 0.3) is 0 Å². The maximum absolute atomic E-state index is 13.4. The van der Waals surface area contributed by atoms with Crippen LogP contribution < -0.4 is 10.5 Å². The smallest absolute Gasteiger partial charge is 0.416 e. The second kappa shape index (κ2) is 9.59. The number of rotatable bonds is 7. The van der Waals surface area contributed by atoms with E-state index in [2.05, 4.69) is 0 Å². The van der Waals surface area contributed by atoms with Crippen molar-refractivity contribution in [3.8, 4) is 16.9 Å².